The highest BCUT2D eigenvalue weighted by Gasteiger charge is 2.50. The number of benzene rings is 1. The van der Waals surface area contributed by atoms with Crippen molar-refractivity contribution in [3.63, 3.8) is 0 Å². The standard InChI is InChI=1S/C19H23ClN4O2S/c1-14-18(15-5-3-2-4-6-15)19(14)22-27(25,26)24-11-9-23(10-12-24)17-8-7-16(20)13-21-17/h2-8,13-14,18-19,22H,9-12H2,1H3/t14-,18-,19+/m1/s1. The third kappa shape index (κ3) is 3.96. The van der Waals surface area contributed by atoms with Gasteiger partial charge in [0.25, 0.3) is 10.2 Å². The first-order valence-electron chi connectivity index (χ1n) is 9.14. The molecule has 4 rings (SSSR count). The molecular weight excluding hydrogens is 384 g/mol. The number of pyridine rings is 1. The molecule has 8 heteroatoms. The average Bonchev–Trinajstić information content (AvgIpc) is 3.31. The van der Waals surface area contributed by atoms with Crippen molar-refractivity contribution in [2.45, 2.75) is 18.9 Å². The Kier molecular flexibility index (Phi) is 5.11. The van der Waals surface area contributed by atoms with E-state index in [2.05, 4.69) is 33.7 Å². The lowest BCUT2D eigenvalue weighted by atomic mass is 10.1. The van der Waals surface area contributed by atoms with Crippen molar-refractivity contribution in [3.05, 3.63) is 59.2 Å². The van der Waals surface area contributed by atoms with E-state index in [0.29, 0.717) is 37.1 Å². The highest BCUT2D eigenvalue weighted by atomic mass is 35.5. The van der Waals surface area contributed by atoms with Crippen LogP contribution in [0.5, 0.6) is 0 Å². The quantitative estimate of drug-likeness (QED) is 0.828. The average molecular weight is 407 g/mol. The minimum absolute atomic E-state index is 0.0339. The molecule has 2 fully saturated rings. The zero-order valence-corrected chi connectivity index (χ0v) is 16.7. The fraction of sp³-hybridized carbons (Fsp3) is 0.421. The summed E-state index contributed by atoms with van der Waals surface area (Å²) in [7, 11) is -3.49. The summed E-state index contributed by atoms with van der Waals surface area (Å²) in [6.45, 7) is 4.19. The van der Waals surface area contributed by atoms with Gasteiger partial charge in [-0.05, 0) is 23.6 Å². The molecule has 1 aliphatic carbocycles. The van der Waals surface area contributed by atoms with Crippen molar-refractivity contribution in [1.29, 1.82) is 0 Å². The van der Waals surface area contributed by atoms with Gasteiger partial charge in [0.2, 0.25) is 0 Å². The number of halogens is 1. The van der Waals surface area contributed by atoms with Crippen LogP contribution in [0.4, 0.5) is 5.82 Å². The molecule has 2 heterocycles. The molecule has 144 valence electrons. The number of anilines is 1. The molecule has 6 nitrogen and oxygen atoms in total. The minimum atomic E-state index is -3.49. The number of nitrogens with zero attached hydrogens (tertiary/aromatic N) is 3. The molecule has 27 heavy (non-hydrogen) atoms. The molecule has 1 N–H and O–H groups in total. The van der Waals surface area contributed by atoms with Crippen LogP contribution >= 0.6 is 11.6 Å². The first-order valence-corrected chi connectivity index (χ1v) is 11.0. The highest BCUT2D eigenvalue weighted by Crippen LogP contribution is 2.47. The summed E-state index contributed by atoms with van der Waals surface area (Å²) in [5, 5.41) is 0.593. The van der Waals surface area contributed by atoms with Gasteiger partial charge in [0.1, 0.15) is 5.82 Å². The van der Waals surface area contributed by atoms with E-state index in [9.17, 15) is 8.42 Å². The normalized spacial score (nSPS) is 26.1. The Bertz CT molecular complexity index is 884. The SMILES string of the molecule is C[C@H]1[C@H](NS(=O)(=O)N2CCN(c3ccc(Cl)cn3)CC2)[C@H]1c1ccccc1. The smallest absolute Gasteiger partial charge is 0.279 e. The summed E-state index contributed by atoms with van der Waals surface area (Å²) in [6, 6.07) is 13.7. The van der Waals surface area contributed by atoms with Gasteiger partial charge in [-0.1, -0.05) is 48.9 Å². The first kappa shape index (κ1) is 18.7. The second kappa shape index (κ2) is 7.39. The van der Waals surface area contributed by atoms with Crippen molar-refractivity contribution in [2.75, 3.05) is 31.1 Å². The fourth-order valence-electron chi connectivity index (χ4n) is 3.79. The maximum absolute atomic E-state index is 12.8. The van der Waals surface area contributed by atoms with Gasteiger partial charge in [-0.3, -0.25) is 0 Å². The fourth-order valence-corrected chi connectivity index (χ4v) is 5.40. The lowest BCUT2D eigenvalue weighted by molar-refractivity contribution is 0.376. The lowest BCUT2D eigenvalue weighted by Gasteiger charge is -2.34. The number of hydrogen-bond acceptors (Lipinski definition) is 4. The van der Waals surface area contributed by atoms with E-state index in [4.69, 9.17) is 11.6 Å². The number of hydrogen-bond donors (Lipinski definition) is 1. The highest BCUT2D eigenvalue weighted by molar-refractivity contribution is 7.87. The second-order valence-corrected chi connectivity index (χ2v) is 9.30. The summed E-state index contributed by atoms with van der Waals surface area (Å²) < 4.78 is 30.1. The van der Waals surface area contributed by atoms with Gasteiger partial charge < -0.3 is 4.90 Å². The third-order valence-electron chi connectivity index (χ3n) is 5.46. The van der Waals surface area contributed by atoms with Gasteiger partial charge in [0.05, 0.1) is 5.02 Å². The van der Waals surface area contributed by atoms with Crippen LogP contribution in [0.3, 0.4) is 0 Å². The molecule has 1 saturated carbocycles. The van der Waals surface area contributed by atoms with Gasteiger partial charge in [0, 0.05) is 44.3 Å². The van der Waals surface area contributed by atoms with Crippen LogP contribution in [-0.4, -0.2) is 49.9 Å². The predicted molar refractivity (Wildman–Crippen MR) is 107 cm³/mol. The van der Waals surface area contributed by atoms with Gasteiger partial charge in [0.15, 0.2) is 0 Å². The Hall–Kier alpha value is -1.67. The van der Waals surface area contributed by atoms with Crippen LogP contribution in [0.2, 0.25) is 5.02 Å². The Morgan fingerprint density at radius 1 is 1.07 bits per heavy atom. The molecule has 1 aromatic carbocycles. The largest absolute Gasteiger partial charge is 0.354 e. The zero-order chi connectivity index (χ0) is 19.0. The molecule has 1 saturated heterocycles. The predicted octanol–water partition coefficient (Wildman–Crippen LogP) is 2.49. The first-order chi connectivity index (χ1) is 13.0. The van der Waals surface area contributed by atoms with E-state index in [-0.39, 0.29) is 12.0 Å². The van der Waals surface area contributed by atoms with Crippen LogP contribution in [0.1, 0.15) is 18.4 Å². The molecule has 1 aromatic heterocycles. The van der Waals surface area contributed by atoms with E-state index in [1.807, 2.05) is 24.3 Å². The summed E-state index contributed by atoms with van der Waals surface area (Å²) in [5.74, 6) is 1.38. The number of rotatable bonds is 5. The van der Waals surface area contributed by atoms with Crippen LogP contribution in [0, 0.1) is 5.92 Å². The van der Waals surface area contributed by atoms with Gasteiger partial charge >= 0.3 is 0 Å². The Balaban J connectivity index is 1.36. The van der Waals surface area contributed by atoms with E-state index in [0.717, 1.165) is 5.82 Å². The maximum Gasteiger partial charge on any atom is 0.279 e. The molecule has 2 aromatic rings. The lowest BCUT2D eigenvalue weighted by Crippen LogP contribution is -2.52. The molecule has 0 spiro atoms. The number of aromatic nitrogens is 1. The summed E-state index contributed by atoms with van der Waals surface area (Å²) in [5.41, 5.74) is 1.19. The van der Waals surface area contributed by atoms with Crippen LogP contribution < -0.4 is 9.62 Å². The summed E-state index contributed by atoms with van der Waals surface area (Å²) >= 11 is 5.88. The molecular formula is C19H23ClN4O2S. The number of piperazine rings is 1. The van der Waals surface area contributed by atoms with Crippen molar-refractivity contribution in [2.24, 2.45) is 5.92 Å². The molecule has 1 aliphatic heterocycles. The topological polar surface area (TPSA) is 65.5 Å². The van der Waals surface area contributed by atoms with Crippen molar-refractivity contribution in [1.82, 2.24) is 14.0 Å². The summed E-state index contributed by atoms with van der Waals surface area (Å²) in [6.07, 6.45) is 1.61. The zero-order valence-electron chi connectivity index (χ0n) is 15.1. The van der Waals surface area contributed by atoms with Crippen LogP contribution in [0.25, 0.3) is 0 Å². The van der Waals surface area contributed by atoms with Gasteiger partial charge in [-0.15, -0.1) is 0 Å². The molecule has 2 aliphatic rings. The Morgan fingerprint density at radius 3 is 2.41 bits per heavy atom. The van der Waals surface area contributed by atoms with E-state index >= 15 is 0 Å². The second-order valence-electron chi connectivity index (χ2n) is 7.16. The third-order valence-corrected chi connectivity index (χ3v) is 7.30. The molecule has 3 atom stereocenters. The minimum Gasteiger partial charge on any atom is -0.354 e. The van der Waals surface area contributed by atoms with Crippen molar-refractivity contribution >= 4 is 27.6 Å². The van der Waals surface area contributed by atoms with E-state index in [1.165, 1.54) is 9.87 Å². The molecule has 0 amide bonds. The van der Waals surface area contributed by atoms with Gasteiger partial charge in [-0.25, -0.2) is 4.98 Å². The van der Waals surface area contributed by atoms with E-state index in [1.54, 1.807) is 12.3 Å². The van der Waals surface area contributed by atoms with E-state index < -0.39 is 10.2 Å². The van der Waals surface area contributed by atoms with Crippen molar-refractivity contribution in [3.8, 4) is 0 Å². The summed E-state index contributed by atoms with van der Waals surface area (Å²) in [4.78, 5) is 6.39. The monoisotopic (exact) mass is 406 g/mol. The van der Waals surface area contributed by atoms with Crippen molar-refractivity contribution < 1.29 is 8.42 Å². The van der Waals surface area contributed by atoms with Crippen LogP contribution in [0.15, 0.2) is 48.7 Å². The molecule has 0 unspecified atom stereocenters. The maximum atomic E-state index is 12.8. The molecule has 0 bridgehead atoms. The van der Waals surface area contributed by atoms with Crippen LogP contribution in [-0.2, 0) is 10.2 Å². The Labute approximate surface area is 165 Å². The Morgan fingerprint density at radius 2 is 1.78 bits per heavy atom. The molecule has 0 radical (unpaired) electrons. The van der Waals surface area contributed by atoms with Gasteiger partial charge in [-0.2, -0.15) is 17.4 Å². The number of nitrogens with one attached hydrogen (secondary N) is 1.